The molecule has 2 aliphatic rings. The van der Waals surface area contributed by atoms with E-state index in [1.165, 1.54) is 45.3 Å². The monoisotopic (exact) mass is 226 g/mol. The van der Waals surface area contributed by atoms with Gasteiger partial charge in [0.15, 0.2) is 0 Å². The Kier molecular flexibility index (Phi) is 4.22. The van der Waals surface area contributed by atoms with E-state index in [0.717, 1.165) is 25.7 Å². The van der Waals surface area contributed by atoms with Crippen LogP contribution in [-0.4, -0.2) is 44.3 Å². The van der Waals surface area contributed by atoms with Crippen molar-refractivity contribution in [2.24, 2.45) is 17.1 Å². The molecule has 0 aliphatic carbocycles. The summed E-state index contributed by atoms with van der Waals surface area (Å²) in [6, 6.07) is 0. The van der Waals surface area contributed by atoms with Gasteiger partial charge in [0.1, 0.15) is 0 Å². The van der Waals surface area contributed by atoms with Crippen LogP contribution in [0.2, 0.25) is 0 Å². The number of nitrogens with two attached hydrogens (primary N) is 1. The summed E-state index contributed by atoms with van der Waals surface area (Å²) < 4.78 is 5.49. The fourth-order valence-electron chi connectivity index (χ4n) is 3.15. The molecule has 2 N–H and O–H groups in total. The predicted molar refractivity (Wildman–Crippen MR) is 66.4 cm³/mol. The van der Waals surface area contributed by atoms with Crippen molar-refractivity contribution in [3.63, 3.8) is 0 Å². The minimum atomic E-state index is 0.530. The van der Waals surface area contributed by atoms with Crippen LogP contribution >= 0.6 is 0 Å². The molecule has 0 bridgehead atoms. The zero-order chi connectivity index (χ0) is 11.4. The van der Waals surface area contributed by atoms with Crippen molar-refractivity contribution in [1.29, 1.82) is 0 Å². The maximum absolute atomic E-state index is 5.75. The van der Waals surface area contributed by atoms with Crippen molar-refractivity contribution in [3.05, 3.63) is 0 Å². The summed E-state index contributed by atoms with van der Waals surface area (Å²) in [6.45, 7) is 8.86. The third-order valence-corrected chi connectivity index (χ3v) is 4.57. The molecule has 1 unspecified atom stereocenters. The Morgan fingerprint density at radius 2 is 2.12 bits per heavy atom. The van der Waals surface area contributed by atoms with E-state index in [2.05, 4.69) is 11.8 Å². The molecule has 2 heterocycles. The molecular weight excluding hydrogens is 200 g/mol. The quantitative estimate of drug-likeness (QED) is 0.789. The van der Waals surface area contributed by atoms with Crippen LogP contribution in [0.3, 0.4) is 0 Å². The number of likely N-dealkylation sites (tertiary alicyclic amines) is 1. The highest BCUT2D eigenvalue weighted by Gasteiger charge is 2.34. The van der Waals surface area contributed by atoms with E-state index in [1.807, 2.05) is 0 Å². The Morgan fingerprint density at radius 1 is 1.38 bits per heavy atom. The lowest BCUT2D eigenvalue weighted by atomic mass is 9.77. The van der Waals surface area contributed by atoms with E-state index >= 15 is 0 Å². The van der Waals surface area contributed by atoms with Gasteiger partial charge in [-0.15, -0.1) is 0 Å². The second-order valence-corrected chi connectivity index (χ2v) is 5.59. The van der Waals surface area contributed by atoms with Crippen LogP contribution in [-0.2, 0) is 4.74 Å². The lowest BCUT2D eigenvalue weighted by molar-refractivity contribution is -0.00390. The minimum absolute atomic E-state index is 0.530. The molecule has 0 spiro atoms. The van der Waals surface area contributed by atoms with Gasteiger partial charge in [0, 0.05) is 26.3 Å². The smallest absolute Gasteiger partial charge is 0.0471 e. The van der Waals surface area contributed by atoms with Gasteiger partial charge in [-0.1, -0.05) is 6.92 Å². The summed E-state index contributed by atoms with van der Waals surface area (Å²) in [6.07, 6.45) is 5.08. The van der Waals surface area contributed by atoms with Crippen molar-refractivity contribution < 1.29 is 4.74 Å². The second kappa shape index (κ2) is 5.48. The number of rotatable bonds is 4. The molecule has 2 aliphatic heterocycles. The predicted octanol–water partition coefficient (Wildman–Crippen LogP) is 1.47. The van der Waals surface area contributed by atoms with Crippen molar-refractivity contribution >= 4 is 0 Å². The van der Waals surface area contributed by atoms with Crippen LogP contribution in [0.25, 0.3) is 0 Å². The largest absolute Gasteiger partial charge is 0.381 e. The van der Waals surface area contributed by atoms with Gasteiger partial charge in [-0.25, -0.2) is 0 Å². The van der Waals surface area contributed by atoms with Gasteiger partial charge in [0.25, 0.3) is 0 Å². The molecule has 0 aromatic rings. The van der Waals surface area contributed by atoms with Gasteiger partial charge < -0.3 is 15.4 Å². The minimum Gasteiger partial charge on any atom is -0.381 e. The summed E-state index contributed by atoms with van der Waals surface area (Å²) in [5, 5.41) is 0. The van der Waals surface area contributed by atoms with Crippen LogP contribution in [0.4, 0.5) is 0 Å². The van der Waals surface area contributed by atoms with E-state index in [0.29, 0.717) is 5.41 Å². The molecular formula is C13H26N2O. The molecule has 2 saturated heterocycles. The molecule has 0 radical (unpaired) electrons. The Hall–Kier alpha value is -0.120. The molecule has 3 heteroatoms. The van der Waals surface area contributed by atoms with Gasteiger partial charge in [0.2, 0.25) is 0 Å². The average molecular weight is 226 g/mol. The molecule has 0 amide bonds. The first-order valence-electron chi connectivity index (χ1n) is 6.78. The molecule has 2 fully saturated rings. The van der Waals surface area contributed by atoms with Crippen LogP contribution in [0.1, 0.15) is 32.6 Å². The van der Waals surface area contributed by atoms with E-state index in [4.69, 9.17) is 10.5 Å². The molecule has 94 valence electrons. The van der Waals surface area contributed by atoms with Crippen LogP contribution in [0.5, 0.6) is 0 Å². The number of ether oxygens (including phenoxy) is 1. The first kappa shape index (κ1) is 12.3. The Bertz CT molecular complexity index is 214. The topological polar surface area (TPSA) is 38.5 Å². The summed E-state index contributed by atoms with van der Waals surface area (Å²) in [5.41, 5.74) is 6.28. The summed E-state index contributed by atoms with van der Waals surface area (Å²) >= 11 is 0. The van der Waals surface area contributed by atoms with Crippen molar-refractivity contribution in [2.75, 3.05) is 39.4 Å². The standard InChI is InChI=1S/C13H26N2O/c1-2-13(4-7-16-8-5-13)11-15-6-3-12(9-14)10-15/h12H,2-11,14H2,1H3. The summed E-state index contributed by atoms with van der Waals surface area (Å²) in [7, 11) is 0. The number of hydrogen-bond donors (Lipinski definition) is 1. The average Bonchev–Trinajstić information content (AvgIpc) is 2.78. The van der Waals surface area contributed by atoms with Crippen LogP contribution < -0.4 is 5.73 Å². The van der Waals surface area contributed by atoms with E-state index < -0.39 is 0 Å². The fourth-order valence-corrected chi connectivity index (χ4v) is 3.15. The molecule has 3 nitrogen and oxygen atoms in total. The molecule has 0 saturated carbocycles. The first-order chi connectivity index (χ1) is 7.78. The molecule has 2 rings (SSSR count). The lowest BCUT2D eigenvalue weighted by Crippen LogP contribution is -2.40. The summed E-state index contributed by atoms with van der Waals surface area (Å²) in [4.78, 5) is 2.63. The lowest BCUT2D eigenvalue weighted by Gasteiger charge is -2.39. The van der Waals surface area contributed by atoms with Crippen molar-refractivity contribution in [2.45, 2.75) is 32.6 Å². The van der Waals surface area contributed by atoms with E-state index in [9.17, 15) is 0 Å². The highest BCUT2D eigenvalue weighted by atomic mass is 16.5. The van der Waals surface area contributed by atoms with Gasteiger partial charge in [-0.3, -0.25) is 0 Å². The zero-order valence-electron chi connectivity index (χ0n) is 10.6. The highest BCUT2D eigenvalue weighted by Crippen LogP contribution is 2.36. The third-order valence-electron chi connectivity index (χ3n) is 4.57. The fraction of sp³-hybridized carbons (Fsp3) is 1.00. The molecule has 0 aromatic heterocycles. The Balaban J connectivity index is 1.86. The maximum Gasteiger partial charge on any atom is 0.0471 e. The SMILES string of the molecule is CCC1(CN2CCC(CN)C2)CCOCC1. The molecule has 1 atom stereocenters. The van der Waals surface area contributed by atoms with Crippen molar-refractivity contribution in [3.8, 4) is 0 Å². The maximum atomic E-state index is 5.75. The highest BCUT2D eigenvalue weighted by molar-refractivity contribution is 4.87. The van der Waals surface area contributed by atoms with E-state index in [-0.39, 0.29) is 0 Å². The summed E-state index contributed by atoms with van der Waals surface area (Å²) in [5.74, 6) is 0.744. The van der Waals surface area contributed by atoms with Crippen LogP contribution in [0, 0.1) is 11.3 Å². The normalized spacial score (nSPS) is 30.8. The Morgan fingerprint density at radius 3 is 2.69 bits per heavy atom. The Labute approximate surface area is 99.3 Å². The molecule has 0 aromatic carbocycles. The first-order valence-corrected chi connectivity index (χ1v) is 6.78. The second-order valence-electron chi connectivity index (χ2n) is 5.59. The van der Waals surface area contributed by atoms with Crippen LogP contribution in [0.15, 0.2) is 0 Å². The van der Waals surface area contributed by atoms with Gasteiger partial charge in [-0.05, 0) is 50.1 Å². The van der Waals surface area contributed by atoms with Crippen molar-refractivity contribution in [1.82, 2.24) is 4.90 Å². The van der Waals surface area contributed by atoms with Gasteiger partial charge in [-0.2, -0.15) is 0 Å². The third kappa shape index (κ3) is 2.76. The van der Waals surface area contributed by atoms with Gasteiger partial charge >= 0.3 is 0 Å². The van der Waals surface area contributed by atoms with E-state index in [1.54, 1.807) is 0 Å². The number of nitrogens with zero attached hydrogens (tertiary/aromatic N) is 1. The van der Waals surface area contributed by atoms with Gasteiger partial charge in [0.05, 0.1) is 0 Å². The molecule has 16 heavy (non-hydrogen) atoms. The number of hydrogen-bond acceptors (Lipinski definition) is 3. The zero-order valence-corrected chi connectivity index (χ0v) is 10.6.